The van der Waals surface area contributed by atoms with Gasteiger partial charge >= 0.3 is 0 Å². The number of hydrogen-bond acceptors (Lipinski definition) is 3. The molecule has 0 heterocycles. The number of rotatable bonds is 0. The number of thiol groups is 1. The molecule has 4 heteroatoms. The highest BCUT2D eigenvalue weighted by Crippen LogP contribution is 2.19. The monoisotopic (exact) mass is 168 g/mol. The van der Waals surface area contributed by atoms with E-state index < -0.39 is 5.82 Å². The number of nitriles is 1. The number of nitrogens with zero attached hydrogens (tertiary/aromatic N) is 1. The molecule has 0 unspecified atom stereocenters. The highest BCUT2D eigenvalue weighted by atomic mass is 32.1. The molecule has 1 aromatic rings. The van der Waals surface area contributed by atoms with Crippen molar-refractivity contribution in [3.05, 3.63) is 23.5 Å². The van der Waals surface area contributed by atoms with Crippen molar-refractivity contribution in [1.82, 2.24) is 0 Å². The molecule has 0 aromatic heterocycles. The highest BCUT2D eigenvalue weighted by molar-refractivity contribution is 7.80. The van der Waals surface area contributed by atoms with Gasteiger partial charge in [0.05, 0.1) is 11.3 Å². The summed E-state index contributed by atoms with van der Waals surface area (Å²) in [6.45, 7) is 0. The lowest BCUT2D eigenvalue weighted by atomic mass is 10.2. The van der Waals surface area contributed by atoms with Crippen LogP contribution in [0, 0.1) is 17.1 Å². The predicted molar refractivity (Wildman–Crippen MR) is 42.8 cm³/mol. The molecule has 0 aliphatic heterocycles. The van der Waals surface area contributed by atoms with Gasteiger partial charge in [0.2, 0.25) is 0 Å². The Morgan fingerprint density at radius 1 is 1.55 bits per heavy atom. The molecule has 0 fully saturated rings. The molecule has 0 spiro atoms. The molecule has 0 saturated heterocycles. The van der Waals surface area contributed by atoms with Crippen molar-refractivity contribution in [2.45, 2.75) is 4.90 Å². The lowest BCUT2D eigenvalue weighted by molar-refractivity contribution is 0.629. The van der Waals surface area contributed by atoms with Crippen molar-refractivity contribution in [2.24, 2.45) is 0 Å². The second-order valence-electron chi connectivity index (χ2n) is 2.00. The average Bonchev–Trinajstić information content (AvgIpc) is 1.97. The van der Waals surface area contributed by atoms with E-state index in [-0.39, 0.29) is 11.3 Å². The van der Waals surface area contributed by atoms with E-state index >= 15 is 0 Å². The number of hydrogen-bond donors (Lipinski definition) is 2. The SMILES string of the molecule is N#Cc1cc(N)c(F)cc1S. The first kappa shape index (κ1) is 7.89. The summed E-state index contributed by atoms with van der Waals surface area (Å²) in [6.07, 6.45) is 0. The first-order valence-corrected chi connectivity index (χ1v) is 3.28. The summed E-state index contributed by atoms with van der Waals surface area (Å²) in [5.41, 5.74) is 5.46. The Kier molecular flexibility index (Phi) is 2.01. The van der Waals surface area contributed by atoms with Gasteiger partial charge in [-0.3, -0.25) is 0 Å². The lowest BCUT2D eigenvalue weighted by Gasteiger charge is -1.98. The second-order valence-corrected chi connectivity index (χ2v) is 2.48. The molecule has 56 valence electrons. The first-order chi connectivity index (χ1) is 5.15. The van der Waals surface area contributed by atoms with Crippen LogP contribution in [0.25, 0.3) is 0 Å². The number of benzene rings is 1. The Balaban J connectivity index is 3.35. The van der Waals surface area contributed by atoms with E-state index in [0.29, 0.717) is 4.90 Å². The summed E-state index contributed by atoms with van der Waals surface area (Å²) >= 11 is 3.88. The van der Waals surface area contributed by atoms with Gasteiger partial charge in [-0.25, -0.2) is 4.39 Å². The van der Waals surface area contributed by atoms with Crippen molar-refractivity contribution in [2.75, 3.05) is 5.73 Å². The summed E-state index contributed by atoms with van der Waals surface area (Å²) in [5, 5.41) is 8.46. The van der Waals surface area contributed by atoms with Crippen LogP contribution < -0.4 is 5.73 Å². The summed E-state index contributed by atoms with van der Waals surface area (Å²) in [5.74, 6) is -0.547. The summed E-state index contributed by atoms with van der Waals surface area (Å²) in [4.78, 5) is 0.305. The van der Waals surface area contributed by atoms with Gasteiger partial charge in [0.1, 0.15) is 11.9 Å². The molecule has 0 aliphatic carbocycles. The minimum atomic E-state index is -0.547. The largest absolute Gasteiger partial charge is 0.396 e. The maximum atomic E-state index is 12.6. The molecule has 0 saturated carbocycles. The van der Waals surface area contributed by atoms with E-state index in [0.717, 1.165) is 6.07 Å². The van der Waals surface area contributed by atoms with Gasteiger partial charge in [-0.05, 0) is 12.1 Å². The molecule has 11 heavy (non-hydrogen) atoms. The third-order valence-electron chi connectivity index (χ3n) is 1.24. The zero-order valence-electron chi connectivity index (χ0n) is 5.50. The molecule has 2 nitrogen and oxygen atoms in total. The molecule has 0 aliphatic rings. The molecule has 0 amide bonds. The van der Waals surface area contributed by atoms with Gasteiger partial charge in [0, 0.05) is 4.90 Å². The van der Waals surface area contributed by atoms with Crippen LogP contribution in [-0.2, 0) is 0 Å². The molecule has 2 N–H and O–H groups in total. The minimum Gasteiger partial charge on any atom is -0.396 e. The fraction of sp³-hybridized carbons (Fsp3) is 0. The van der Waals surface area contributed by atoms with Crippen LogP contribution in [0.15, 0.2) is 17.0 Å². The molecular weight excluding hydrogens is 163 g/mol. The summed E-state index contributed by atoms with van der Waals surface area (Å²) in [6, 6.07) is 4.22. The van der Waals surface area contributed by atoms with E-state index in [1.807, 2.05) is 6.07 Å². The Hall–Kier alpha value is -1.21. The van der Waals surface area contributed by atoms with Crippen molar-refractivity contribution in [3.8, 4) is 6.07 Å². The highest BCUT2D eigenvalue weighted by Gasteiger charge is 2.03. The van der Waals surface area contributed by atoms with E-state index in [1.54, 1.807) is 0 Å². The summed E-state index contributed by atoms with van der Waals surface area (Å²) < 4.78 is 12.6. The second kappa shape index (κ2) is 2.81. The molecule has 1 aromatic carbocycles. The topological polar surface area (TPSA) is 49.8 Å². The standard InChI is InChI=1S/C7H5FN2S/c8-5-2-7(11)4(3-9)1-6(5)10/h1-2,11H,10H2. The molecular formula is C7H5FN2S. The van der Waals surface area contributed by atoms with Crippen LogP contribution in [0.1, 0.15) is 5.56 Å². The smallest absolute Gasteiger partial charge is 0.147 e. The van der Waals surface area contributed by atoms with E-state index in [4.69, 9.17) is 11.0 Å². The normalized spacial score (nSPS) is 9.18. The Morgan fingerprint density at radius 3 is 2.73 bits per heavy atom. The van der Waals surface area contributed by atoms with Crippen molar-refractivity contribution in [3.63, 3.8) is 0 Å². The van der Waals surface area contributed by atoms with Crippen molar-refractivity contribution in [1.29, 1.82) is 5.26 Å². The number of anilines is 1. The summed E-state index contributed by atoms with van der Waals surface area (Å²) in [7, 11) is 0. The fourth-order valence-electron chi connectivity index (χ4n) is 0.669. The van der Waals surface area contributed by atoms with Crippen LogP contribution in [0.3, 0.4) is 0 Å². The molecule has 0 bridgehead atoms. The van der Waals surface area contributed by atoms with Gasteiger partial charge in [0.25, 0.3) is 0 Å². The molecule has 0 atom stereocenters. The predicted octanol–water partition coefficient (Wildman–Crippen LogP) is 1.57. The maximum absolute atomic E-state index is 12.6. The lowest BCUT2D eigenvalue weighted by Crippen LogP contribution is -1.92. The van der Waals surface area contributed by atoms with Crippen LogP contribution >= 0.6 is 12.6 Å². The third-order valence-corrected chi connectivity index (χ3v) is 1.61. The zero-order valence-corrected chi connectivity index (χ0v) is 6.40. The quantitative estimate of drug-likeness (QED) is 0.456. The van der Waals surface area contributed by atoms with Gasteiger partial charge in [0.15, 0.2) is 0 Å². The number of nitrogen functional groups attached to an aromatic ring is 1. The fourth-order valence-corrected chi connectivity index (χ4v) is 0.897. The first-order valence-electron chi connectivity index (χ1n) is 2.83. The Morgan fingerprint density at radius 2 is 2.18 bits per heavy atom. The van der Waals surface area contributed by atoms with Gasteiger partial charge in [-0.1, -0.05) is 0 Å². The van der Waals surface area contributed by atoms with E-state index in [9.17, 15) is 4.39 Å². The minimum absolute atomic E-state index is 0.0284. The zero-order chi connectivity index (χ0) is 8.43. The third kappa shape index (κ3) is 1.44. The molecule has 1 rings (SSSR count). The van der Waals surface area contributed by atoms with Gasteiger partial charge in [-0.2, -0.15) is 5.26 Å². The van der Waals surface area contributed by atoms with Crippen LogP contribution in [0.2, 0.25) is 0 Å². The molecule has 0 radical (unpaired) electrons. The van der Waals surface area contributed by atoms with Crippen LogP contribution in [0.5, 0.6) is 0 Å². The van der Waals surface area contributed by atoms with Crippen molar-refractivity contribution < 1.29 is 4.39 Å². The number of halogens is 1. The van der Waals surface area contributed by atoms with Crippen LogP contribution in [0.4, 0.5) is 10.1 Å². The Labute approximate surface area is 68.8 Å². The van der Waals surface area contributed by atoms with Gasteiger partial charge < -0.3 is 5.73 Å². The van der Waals surface area contributed by atoms with Crippen LogP contribution in [-0.4, -0.2) is 0 Å². The van der Waals surface area contributed by atoms with Crippen molar-refractivity contribution >= 4 is 18.3 Å². The Bertz CT molecular complexity index is 330. The average molecular weight is 168 g/mol. The van der Waals surface area contributed by atoms with E-state index in [1.165, 1.54) is 6.07 Å². The number of nitrogens with two attached hydrogens (primary N) is 1. The van der Waals surface area contributed by atoms with E-state index in [2.05, 4.69) is 12.6 Å². The maximum Gasteiger partial charge on any atom is 0.147 e. The van der Waals surface area contributed by atoms with Gasteiger partial charge in [-0.15, -0.1) is 12.6 Å².